The van der Waals surface area contributed by atoms with Crippen molar-refractivity contribution in [2.24, 2.45) is 22.9 Å². The number of nitrogens with two attached hydrogens (primary N) is 4. The standard InChI is InChI=1S/C5H9NO3.C5H9NO2.C3H7NO2.3C2H5NO2/c7-3-1-4(5(8)9)6-2-3;7-5(8)4-2-1-3-6-4;1-2(4)3(5)6;3*3-1-2(4)5/h3-4,6-7H,1-2H2,(H,8,9);4,6H,1-3H2,(H,7,8);2H,4H2,1H3,(H,5,6);3*1,3H2,(H,4,5)/t3?,4-;4-;2-;;;/m000.../s1. The van der Waals surface area contributed by atoms with Crippen molar-refractivity contribution in [3.8, 4) is 0 Å². The van der Waals surface area contributed by atoms with E-state index in [1.165, 1.54) is 6.92 Å². The van der Waals surface area contributed by atoms with E-state index in [0.717, 1.165) is 19.4 Å². The molecule has 38 heavy (non-hydrogen) atoms. The van der Waals surface area contributed by atoms with Crippen molar-refractivity contribution in [1.82, 2.24) is 10.6 Å². The molecule has 0 amide bonds. The number of carbonyl (C=O) groups is 6. The van der Waals surface area contributed by atoms with E-state index in [-0.39, 0.29) is 25.7 Å². The van der Waals surface area contributed by atoms with Crippen LogP contribution in [-0.4, -0.2) is 129 Å². The fraction of sp³-hybridized carbons (Fsp3) is 0.684. The molecule has 224 valence electrons. The molecule has 19 nitrogen and oxygen atoms in total. The Hall–Kier alpha value is -3.46. The van der Waals surface area contributed by atoms with E-state index >= 15 is 0 Å². The largest absolute Gasteiger partial charge is 0.480 e. The number of carboxylic acids is 6. The SMILES string of the molecule is C[C@H](N)C(=O)O.NCC(=O)O.NCC(=O)O.NCC(=O)O.O=C(O)[C@@H]1CC(O)CN1.O=C(O)[C@@H]1CCCN1. The average molecular weight is 561 g/mol. The first-order valence-corrected chi connectivity index (χ1v) is 10.8. The number of hydrogen-bond acceptors (Lipinski definition) is 13. The van der Waals surface area contributed by atoms with Gasteiger partial charge < -0.3 is 69.3 Å². The van der Waals surface area contributed by atoms with Gasteiger partial charge in [-0.15, -0.1) is 0 Å². The second kappa shape index (κ2) is 26.6. The number of β-amino-alcohol motifs (C(OH)–C–C–N with tert-alkyl or cyclic N) is 1. The molecular formula is C19H40N6O13. The molecule has 0 radical (unpaired) electrons. The highest BCUT2D eigenvalue weighted by molar-refractivity contribution is 5.74. The third kappa shape index (κ3) is 34.7. The Kier molecular flexibility index (Phi) is 29.2. The minimum absolute atomic E-state index is 0.269. The molecule has 0 bridgehead atoms. The van der Waals surface area contributed by atoms with Crippen LogP contribution in [0, 0.1) is 0 Å². The van der Waals surface area contributed by atoms with Crippen LogP contribution >= 0.6 is 0 Å². The van der Waals surface area contributed by atoms with Crippen molar-refractivity contribution >= 4 is 35.8 Å². The summed E-state index contributed by atoms with van der Waals surface area (Å²) in [5, 5.41) is 61.7. The zero-order chi connectivity index (χ0) is 30.8. The first-order chi connectivity index (χ1) is 17.5. The lowest BCUT2D eigenvalue weighted by Crippen LogP contribution is -2.29. The fourth-order valence-corrected chi connectivity index (χ4v) is 1.80. The zero-order valence-electron chi connectivity index (χ0n) is 20.9. The van der Waals surface area contributed by atoms with Crippen molar-refractivity contribution in [2.75, 3.05) is 32.7 Å². The summed E-state index contributed by atoms with van der Waals surface area (Å²) in [4.78, 5) is 57.6. The molecule has 0 aromatic rings. The Morgan fingerprint density at radius 1 is 0.763 bits per heavy atom. The molecule has 2 fully saturated rings. The molecule has 0 spiro atoms. The maximum atomic E-state index is 10.2. The van der Waals surface area contributed by atoms with Crippen LogP contribution in [0.4, 0.5) is 0 Å². The normalized spacial score (nSPS) is 19.3. The van der Waals surface area contributed by atoms with Crippen LogP contribution < -0.4 is 33.6 Å². The van der Waals surface area contributed by atoms with Crippen LogP contribution in [0.25, 0.3) is 0 Å². The van der Waals surface area contributed by atoms with Gasteiger partial charge in [0, 0.05) is 13.0 Å². The van der Waals surface area contributed by atoms with E-state index in [9.17, 15) is 28.8 Å². The number of hydrogen-bond donors (Lipinski definition) is 13. The van der Waals surface area contributed by atoms with Crippen LogP contribution in [-0.2, 0) is 28.8 Å². The lowest BCUT2D eigenvalue weighted by Gasteiger charge is -1.99. The molecule has 2 aliphatic rings. The topological polar surface area (TPSA) is 372 Å². The Morgan fingerprint density at radius 3 is 1.21 bits per heavy atom. The minimum atomic E-state index is -0.968. The van der Waals surface area contributed by atoms with E-state index in [1.807, 2.05) is 0 Å². The van der Waals surface area contributed by atoms with Crippen molar-refractivity contribution < 1.29 is 64.5 Å². The molecule has 2 heterocycles. The van der Waals surface area contributed by atoms with Crippen LogP contribution in [0.2, 0.25) is 0 Å². The van der Waals surface area contributed by atoms with Gasteiger partial charge in [-0.25, -0.2) is 0 Å². The molecule has 19 heteroatoms. The van der Waals surface area contributed by atoms with Gasteiger partial charge in [-0.3, -0.25) is 28.8 Å². The number of nitrogens with one attached hydrogen (secondary N) is 2. The minimum Gasteiger partial charge on any atom is -0.480 e. The van der Waals surface area contributed by atoms with Gasteiger partial charge in [-0.1, -0.05) is 0 Å². The molecule has 1 unspecified atom stereocenters. The maximum absolute atomic E-state index is 10.2. The number of aliphatic hydroxyl groups is 1. The van der Waals surface area contributed by atoms with Gasteiger partial charge in [0.25, 0.3) is 0 Å². The second-order valence-corrected chi connectivity index (χ2v) is 7.10. The molecule has 2 saturated heterocycles. The Bertz CT molecular complexity index is 669. The maximum Gasteiger partial charge on any atom is 0.320 e. The van der Waals surface area contributed by atoms with Crippen molar-refractivity contribution in [2.45, 2.75) is 50.4 Å². The first-order valence-electron chi connectivity index (χ1n) is 10.8. The predicted molar refractivity (Wildman–Crippen MR) is 130 cm³/mol. The second-order valence-electron chi connectivity index (χ2n) is 7.10. The molecule has 4 atom stereocenters. The molecule has 0 aromatic carbocycles. The first kappa shape index (κ1) is 41.7. The summed E-state index contributed by atoms with van der Waals surface area (Å²) in [6.45, 7) is 1.84. The highest BCUT2D eigenvalue weighted by atomic mass is 16.4. The molecule has 0 aromatic heterocycles. The van der Waals surface area contributed by atoms with Crippen LogP contribution in [0.15, 0.2) is 0 Å². The Balaban J connectivity index is -0.000000186. The molecular weight excluding hydrogens is 520 g/mol. The third-order valence-electron chi connectivity index (χ3n) is 3.68. The van der Waals surface area contributed by atoms with Gasteiger partial charge in [0.1, 0.15) is 18.1 Å². The van der Waals surface area contributed by atoms with Crippen LogP contribution in [0.1, 0.15) is 26.2 Å². The zero-order valence-corrected chi connectivity index (χ0v) is 20.9. The molecule has 2 rings (SSSR count). The summed E-state index contributed by atoms with van der Waals surface area (Å²) in [6.07, 6.45) is 1.63. The molecule has 0 aliphatic carbocycles. The highest BCUT2D eigenvalue weighted by Crippen LogP contribution is 2.05. The summed E-state index contributed by atoms with van der Waals surface area (Å²) in [5.41, 5.74) is 18.6. The molecule has 2 aliphatic heterocycles. The average Bonchev–Trinajstić information content (AvgIpc) is 3.53. The number of carboxylic acid groups (broad SMARTS) is 6. The smallest absolute Gasteiger partial charge is 0.320 e. The van der Waals surface area contributed by atoms with E-state index in [1.54, 1.807) is 0 Å². The Labute approximate surface area is 217 Å². The van der Waals surface area contributed by atoms with Gasteiger partial charge in [0.15, 0.2) is 0 Å². The van der Waals surface area contributed by atoms with E-state index < -0.39 is 54.0 Å². The lowest BCUT2D eigenvalue weighted by molar-refractivity contribution is -0.140. The van der Waals surface area contributed by atoms with E-state index in [2.05, 4.69) is 27.8 Å². The molecule has 0 saturated carbocycles. The number of aliphatic hydroxyl groups excluding tert-OH is 1. The highest BCUT2D eigenvalue weighted by Gasteiger charge is 2.27. The lowest BCUT2D eigenvalue weighted by atomic mass is 10.2. The fourth-order valence-electron chi connectivity index (χ4n) is 1.80. The van der Waals surface area contributed by atoms with Crippen molar-refractivity contribution in [1.29, 1.82) is 0 Å². The monoisotopic (exact) mass is 560 g/mol. The Morgan fingerprint density at radius 2 is 1.11 bits per heavy atom. The summed E-state index contributed by atoms with van der Waals surface area (Å²) in [7, 11) is 0. The van der Waals surface area contributed by atoms with Gasteiger partial charge in [-0.05, 0) is 26.3 Å². The van der Waals surface area contributed by atoms with Gasteiger partial charge in [0.05, 0.1) is 25.7 Å². The van der Waals surface area contributed by atoms with E-state index in [4.69, 9.17) is 41.5 Å². The summed E-state index contributed by atoms with van der Waals surface area (Å²) in [5.74, 6) is -5.47. The van der Waals surface area contributed by atoms with Crippen molar-refractivity contribution in [3.63, 3.8) is 0 Å². The summed E-state index contributed by atoms with van der Waals surface area (Å²) in [6, 6.07) is -1.54. The van der Waals surface area contributed by atoms with Crippen LogP contribution in [0.3, 0.4) is 0 Å². The van der Waals surface area contributed by atoms with E-state index in [0.29, 0.717) is 13.0 Å². The van der Waals surface area contributed by atoms with Crippen LogP contribution in [0.5, 0.6) is 0 Å². The quantitative estimate of drug-likeness (QED) is 0.145. The third-order valence-corrected chi connectivity index (χ3v) is 3.68. The number of rotatable bonds is 6. The van der Waals surface area contributed by atoms with Gasteiger partial charge in [-0.2, -0.15) is 0 Å². The van der Waals surface area contributed by atoms with Crippen molar-refractivity contribution in [3.05, 3.63) is 0 Å². The van der Waals surface area contributed by atoms with Gasteiger partial charge in [0.2, 0.25) is 0 Å². The molecule has 17 N–H and O–H groups in total. The number of aliphatic carboxylic acids is 6. The van der Waals surface area contributed by atoms with Gasteiger partial charge >= 0.3 is 35.8 Å². The summed E-state index contributed by atoms with van der Waals surface area (Å²) < 4.78 is 0. The predicted octanol–water partition coefficient (Wildman–Crippen LogP) is -4.88. The summed E-state index contributed by atoms with van der Waals surface area (Å²) >= 11 is 0.